The zero-order valence-corrected chi connectivity index (χ0v) is 20.0. The van der Waals surface area contributed by atoms with E-state index in [4.69, 9.17) is 25.8 Å². The Bertz CT molecular complexity index is 1280. The molecule has 0 heterocycles. The van der Waals surface area contributed by atoms with Crippen LogP contribution in [0.3, 0.4) is 0 Å². The van der Waals surface area contributed by atoms with Gasteiger partial charge < -0.3 is 19.5 Å². The number of rotatable bonds is 9. The third kappa shape index (κ3) is 7.10. The molecule has 1 amide bonds. The number of carbonyl (C=O) groups is 2. The molecule has 8 heteroatoms. The first-order chi connectivity index (χ1) is 16.9. The Morgan fingerprint density at radius 1 is 1.06 bits per heavy atom. The fourth-order valence-electron chi connectivity index (χ4n) is 3.10. The SMILES string of the molecule is CCOC(=O)c1ccc(NC(=O)/C(C#N)=C/c2ccc(OCc3cccc(Cl)c3)c(OC)c2)cc1. The Labute approximate surface area is 208 Å². The maximum absolute atomic E-state index is 12.6. The van der Waals surface area contributed by atoms with Crippen molar-refractivity contribution in [1.82, 2.24) is 0 Å². The van der Waals surface area contributed by atoms with Gasteiger partial charge in [0.05, 0.1) is 19.3 Å². The van der Waals surface area contributed by atoms with E-state index in [1.807, 2.05) is 24.3 Å². The smallest absolute Gasteiger partial charge is 0.338 e. The molecule has 35 heavy (non-hydrogen) atoms. The van der Waals surface area contributed by atoms with Crippen molar-refractivity contribution in [3.8, 4) is 17.6 Å². The van der Waals surface area contributed by atoms with Gasteiger partial charge in [0.1, 0.15) is 18.2 Å². The van der Waals surface area contributed by atoms with Gasteiger partial charge in [-0.3, -0.25) is 4.79 Å². The monoisotopic (exact) mass is 490 g/mol. The van der Waals surface area contributed by atoms with Gasteiger partial charge in [0.2, 0.25) is 0 Å². The summed E-state index contributed by atoms with van der Waals surface area (Å²) in [5.41, 5.74) is 2.19. The molecular weight excluding hydrogens is 468 g/mol. The molecule has 3 aromatic carbocycles. The number of nitrogens with zero attached hydrogens (tertiary/aromatic N) is 1. The molecule has 0 fully saturated rings. The quantitative estimate of drug-likeness (QED) is 0.236. The molecule has 0 aliphatic carbocycles. The van der Waals surface area contributed by atoms with Gasteiger partial charge in [-0.25, -0.2) is 4.79 Å². The molecule has 0 aliphatic rings. The number of nitrogens with one attached hydrogen (secondary N) is 1. The van der Waals surface area contributed by atoms with Crippen LogP contribution in [-0.2, 0) is 16.1 Å². The van der Waals surface area contributed by atoms with E-state index in [0.29, 0.717) is 39.9 Å². The predicted molar refractivity (Wildman–Crippen MR) is 133 cm³/mol. The molecule has 0 radical (unpaired) electrons. The Hall–Kier alpha value is -4.28. The highest BCUT2D eigenvalue weighted by atomic mass is 35.5. The second kappa shape index (κ2) is 12.3. The lowest BCUT2D eigenvalue weighted by Gasteiger charge is -2.12. The van der Waals surface area contributed by atoms with E-state index in [0.717, 1.165) is 5.56 Å². The van der Waals surface area contributed by atoms with Crippen molar-refractivity contribution in [3.05, 3.63) is 94.0 Å². The van der Waals surface area contributed by atoms with E-state index in [1.54, 1.807) is 43.3 Å². The number of amides is 1. The molecule has 0 aromatic heterocycles. The molecule has 1 N–H and O–H groups in total. The Balaban J connectivity index is 1.71. The van der Waals surface area contributed by atoms with Gasteiger partial charge in [-0.2, -0.15) is 5.26 Å². The topological polar surface area (TPSA) is 97.7 Å². The van der Waals surface area contributed by atoms with E-state index >= 15 is 0 Å². The lowest BCUT2D eigenvalue weighted by atomic mass is 10.1. The molecular formula is C27H23ClN2O5. The van der Waals surface area contributed by atoms with Crippen LogP contribution < -0.4 is 14.8 Å². The summed E-state index contributed by atoms with van der Waals surface area (Å²) in [5.74, 6) is -0.0733. The van der Waals surface area contributed by atoms with Gasteiger partial charge >= 0.3 is 5.97 Å². The first kappa shape index (κ1) is 25.3. The molecule has 0 aliphatic heterocycles. The molecule has 178 valence electrons. The van der Waals surface area contributed by atoms with E-state index in [2.05, 4.69) is 5.32 Å². The van der Waals surface area contributed by atoms with Gasteiger partial charge in [-0.1, -0.05) is 29.8 Å². The Morgan fingerprint density at radius 3 is 2.49 bits per heavy atom. The van der Waals surface area contributed by atoms with Gasteiger partial charge in [0, 0.05) is 10.7 Å². The van der Waals surface area contributed by atoms with Crippen molar-refractivity contribution >= 4 is 35.2 Å². The molecule has 7 nitrogen and oxygen atoms in total. The third-order valence-electron chi connectivity index (χ3n) is 4.80. The summed E-state index contributed by atoms with van der Waals surface area (Å²) in [6.07, 6.45) is 1.45. The number of hydrogen-bond acceptors (Lipinski definition) is 6. The van der Waals surface area contributed by atoms with Crippen LogP contribution in [0.15, 0.2) is 72.3 Å². The highest BCUT2D eigenvalue weighted by Gasteiger charge is 2.12. The van der Waals surface area contributed by atoms with Gasteiger partial charge in [0.25, 0.3) is 5.91 Å². The van der Waals surface area contributed by atoms with Crippen LogP contribution in [0, 0.1) is 11.3 Å². The molecule has 0 atom stereocenters. The zero-order chi connectivity index (χ0) is 25.2. The summed E-state index contributed by atoms with van der Waals surface area (Å²) < 4.78 is 16.2. The van der Waals surface area contributed by atoms with E-state index in [9.17, 15) is 14.9 Å². The van der Waals surface area contributed by atoms with E-state index < -0.39 is 11.9 Å². The fraction of sp³-hybridized carbons (Fsp3) is 0.148. The Morgan fingerprint density at radius 2 is 1.83 bits per heavy atom. The minimum Gasteiger partial charge on any atom is -0.493 e. The van der Waals surface area contributed by atoms with Crippen LogP contribution in [0.4, 0.5) is 5.69 Å². The second-order valence-electron chi connectivity index (χ2n) is 7.25. The second-order valence-corrected chi connectivity index (χ2v) is 7.69. The zero-order valence-electron chi connectivity index (χ0n) is 19.2. The Kier molecular flexibility index (Phi) is 8.88. The van der Waals surface area contributed by atoms with Crippen LogP contribution in [0.5, 0.6) is 11.5 Å². The van der Waals surface area contributed by atoms with Crippen LogP contribution in [0.2, 0.25) is 5.02 Å². The van der Waals surface area contributed by atoms with Crippen LogP contribution in [-0.4, -0.2) is 25.6 Å². The number of hydrogen-bond donors (Lipinski definition) is 1. The molecule has 0 saturated heterocycles. The number of methoxy groups -OCH3 is 1. The summed E-state index contributed by atoms with van der Waals surface area (Å²) in [4.78, 5) is 24.4. The molecule has 0 unspecified atom stereocenters. The highest BCUT2D eigenvalue weighted by molar-refractivity contribution is 6.30. The number of benzene rings is 3. The normalized spacial score (nSPS) is 10.7. The van der Waals surface area contributed by atoms with Gasteiger partial charge in [0.15, 0.2) is 11.5 Å². The average Bonchev–Trinajstić information content (AvgIpc) is 2.86. The van der Waals surface area contributed by atoms with Crippen molar-refractivity contribution in [2.45, 2.75) is 13.5 Å². The lowest BCUT2D eigenvalue weighted by Crippen LogP contribution is -2.13. The summed E-state index contributed by atoms with van der Waals surface area (Å²) in [7, 11) is 1.51. The lowest BCUT2D eigenvalue weighted by molar-refractivity contribution is -0.112. The van der Waals surface area contributed by atoms with E-state index in [-0.39, 0.29) is 12.2 Å². The summed E-state index contributed by atoms with van der Waals surface area (Å²) in [5, 5.41) is 12.8. The molecule has 0 saturated carbocycles. The number of nitriles is 1. The standard InChI is InChI=1S/C27H23ClN2O5/c1-3-34-27(32)20-8-10-23(11-9-20)30-26(31)21(16-29)13-18-7-12-24(25(15-18)33-2)35-17-19-5-4-6-22(28)14-19/h4-15H,3,17H2,1-2H3,(H,30,31)/b21-13+. The van der Waals surface area contributed by atoms with Gasteiger partial charge in [-0.15, -0.1) is 0 Å². The highest BCUT2D eigenvalue weighted by Crippen LogP contribution is 2.30. The van der Waals surface area contributed by atoms with Crippen molar-refractivity contribution in [2.24, 2.45) is 0 Å². The maximum atomic E-state index is 12.6. The third-order valence-corrected chi connectivity index (χ3v) is 5.04. The van der Waals surface area contributed by atoms with Crippen molar-refractivity contribution < 1.29 is 23.8 Å². The van der Waals surface area contributed by atoms with E-state index in [1.165, 1.54) is 25.3 Å². The summed E-state index contributed by atoms with van der Waals surface area (Å²) in [6.45, 7) is 2.29. The average molecular weight is 491 g/mol. The summed E-state index contributed by atoms with van der Waals surface area (Å²) >= 11 is 6.01. The maximum Gasteiger partial charge on any atom is 0.338 e. The minimum atomic E-state index is -0.586. The van der Waals surface area contributed by atoms with Crippen molar-refractivity contribution in [2.75, 3.05) is 19.0 Å². The molecule has 0 bridgehead atoms. The van der Waals surface area contributed by atoms with Crippen LogP contribution in [0.1, 0.15) is 28.4 Å². The number of halogens is 1. The van der Waals surface area contributed by atoms with Crippen molar-refractivity contribution in [1.29, 1.82) is 5.26 Å². The first-order valence-corrected chi connectivity index (χ1v) is 11.1. The van der Waals surface area contributed by atoms with Crippen molar-refractivity contribution in [3.63, 3.8) is 0 Å². The molecule has 3 aromatic rings. The van der Waals surface area contributed by atoms with Crippen LogP contribution >= 0.6 is 11.6 Å². The largest absolute Gasteiger partial charge is 0.493 e. The predicted octanol–water partition coefficient (Wildman–Crippen LogP) is 5.65. The number of esters is 1. The first-order valence-electron chi connectivity index (χ1n) is 10.7. The minimum absolute atomic E-state index is 0.103. The molecule has 0 spiro atoms. The molecule has 3 rings (SSSR count). The number of anilines is 1. The van der Waals surface area contributed by atoms with Crippen LogP contribution in [0.25, 0.3) is 6.08 Å². The number of ether oxygens (including phenoxy) is 3. The van der Waals surface area contributed by atoms with Gasteiger partial charge in [-0.05, 0) is 72.7 Å². The number of carbonyl (C=O) groups excluding carboxylic acids is 2. The summed E-state index contributed by atoms with van der Waals surface area (Å²) in [6, 6.07) is 20.6. The fourth-order valence-corrected chi connectivity index (χ4v) is 3.31.